The van der Waals surface area contributed by atoms with Crippen LogP contribution in [-0.2, 0) is 45.1 Å². The molecule has 0 fully saturated rings. The Morgan fingerprint density at radius 3 is 2.04 bits per heavy atom. The average Bonchev–Trinajstić information content (AvgIpc) is 3.45. The Morgan fingerprint density at radius 2 is 1.41 bits per heavy atom. The standard InChI is InChI=1S/C36H42N2O8/c1-35(2,3)45-33(40)37-20-23-9-8-10-26(15-23)29-18-25(17-27-13-14-43-32(27)29)22-44-30-12-11-24(16-28(30)19-31(39)42-7)21-38-34(41)46-36(4,5)6/h8-18H,19-22H2,1-7H3,(H,37,40)(H,38,41). The van der Waals surface area contributed by atoms with Crippen LogP contribution < -0.4 is 15.4 Å². The molecule has 1 heterocycles. The highest BCUT2D eigenvalue weighted by Gasteiger charge is 2.18. The summed E-state index contributed by atoms with van der Waals surface area (Å²) in [5, 5.41) is 6.45. The first-order valence-electron chi connectivity index (χ1n) is 15.0. The maximum atomic E-state index is 12.2. The van der Waals surface area contributed by atoms with Crippen LogP contribution in [0.15, 0.2) is 71.3 Å². The van der Waals surface area contributed by atoms with Gasteiger partial charge in [0.15, 0.2) is 0 Å². The van der Waals surface area contributed by atoms with Crippen LogP contribution in [-0.4, -0.2) is 36.5 Å². The first-order chi connectivity index (χ1) is 21.7. The molecular formula is C36H42N2O8. The van der Waals surface area contributed by atoms with Crippen molar-refractivity contribution in [3.8, 4) is 16.9 Å². The molecule has 0 bridgehead atoms. The molecule has 0 unspecified atom stereocenters. The van der Waals surface area contributed by atoms with Crippen LogP contribution in [0.4, 0.5) is 9.59 Å². The number of nitrogens with one attached hydrogen (secondary N) is 2. The van der Waals surface area contributed by atoms with E-state index in [4.69, 9.17) is 23.4 Å². The van der Waals surface area contributed by atoms with Crippen LogP contribution in [0.1, 0.15) is 63.8 Å². The zero-order valence-corrected chi connectivity index (χ0v) is 27.4. The fourth-order valence-electron chi connectivity index (χ4n) is 4.68. The van der Waals surface area contributed by atoms with Crippen molar-refractivity contribution in [1.29, 1.82) is 0 Å². The SMILES string of the molecule is COC(=O)Cc1cc(CNC(=O)OC(C)(C)C)ccc1OCc1cc(-c2cccc(CNC(=O)OC(C)(C)C)c2)c2occc2c1. The summed E-state index contributed by atoms with van der Waals surface area (Å²) in [6.07, 6.45) is 0.634. The molecular weight excluding hydrogens is 588 g/mol. The first kappa shape index (κ1) is 33.9. The normalized spacial score (nSPS) is 11.5. The van der Waals surface area contributed by atoms with Crippen LogP contribution >= 0.6 is 0 Å². The van der Waals surface area contributed by atoms with Gasteiger partial charge in [0.2, 0.25) is 0 Å². The molecule has 0 spiro atoms. The fourth-order valence-corrected chi connectivity index (χ4v) is 4.68. The smallest absolute Gasteiger partial charge is 0.407 e. The Balaban J connectivity index is 1.53. The molecule has 2 amide bonds. The van der Waals surface area contributed by atoms with Gasteiger partial charge in [-0.3, -0.25) is 4.79 Å². The van der Waals surface area contributed by atoms with Crippen LogP contribution in [0.25, 0.3) is 22.1 Å². The van der Waals surface area contributed by atoms with Crippen molar-refractivity contribution in [3.63, 3.8) is 0 Å². The van der Waals surface area contributed by atoms with Crippen LogP contribution in [0.5, 0.6) is 5.75 Å². The van der Waals surface area contributed by atoms with Crippen molar-refractivity contribution in [2.75, 3.05) is 7.11 Å². The Bertz CT molecular complexity index is 1690. The van der Waals surface area contributed by atoms with E-state index in [-0.39, 0.29) is 19.6 Å². The molecule has 2 N–H and O–H groups in total. The minimum atomic E-state index is -0.612. The van der Waals surface area contributed by atoms with E-state index in [1.807, 2.05) is 75.4 Å². The minimum absolute atomic E-state index is 0.00223. The number of hydrogen-bond acceptors (Lipinski definition) is 8. The van der Waals surface area contributed by atoms with E-state index in [2.05, 4.69) is 10.6 Å². The Hall–Kier alpha value is -4.99. The lowest BCUT2D eigenvalue weighted by molar-refractivity contribution is -0.139. The van der Waals surface area contributed by atoms with E-state index in [0.29, 0.717) is 17.9 Å². The molecule has 0 aliphatic heterocycles. The lowest BCUT2D eigenvalue weighted by atomic mass is 9.99. The summed E-state index contributed by atoms with van der Waals surface area (Å²) < 4.78 is 27.7. The van der Waals surface area contributed by atoms with Crippen LogP contribution in [0.3, 0.4) is 0 Å². The van der Waals surface area contributed by atoms with E-state index in [9.17, 15) is 14.4 Å². The van der Waals surface area contributed by atoms with Gasteiger partial charge in [-0.15, -0.1) is 0 Å². The summed E-state index contributed by atoms with van der Waals surface area (Å²) in [4.78, 5) is 36.5. The van der Waals surface area contributed by atoms with Gasteiger partial charge in [-0.05, 0) is 100 Å². The number of benzene rings is 3. The number of amides is 2. The van der Waals surface area contributed by atoms with E-state index in [1.165, 1.54) is 7.11 Å². The van der Waals surface area contributed by atoms with Crippen LogP contribution in [0, 0.1) is 0 Å². The van der Waals surface area contributed by atoms with Crippen molar-refractivity contribution in [1.82, 2.24) is 10.6 Å². The molecule has 0 atom stereocenters. The second-order valence-electron chi connectivity index (χ2n) is 12.9. The number of carbonyl (C=O) groups is 3. The summed E-state index contributed by atoms with van der Waals surface area (Å²) >= 11 is 0. The fraction of sp³-hybridized carbons (Fsp3) is 0.361. The molecule has 4 rings (SSSR count). The molecule has 0 saturated carbocycles. The third-order valence-corrected chi connectivity index (χ3v) is 6.60. The van der Waals surface area contributed by atoms with Gasteiger partial charge in [0.05, 0.1) is 19.8 Å². The molecule has 244 valence electrons. The lowest BCUT2D eigenvalue weighted by Gasteiger charge is -2.20. The Morgan fingerprint density at radius 1 is 0.761 bits per heavy atom. The van der Waals surface area contributed by atoms with Gasteiger partial charge in [0.1, 0.15) is 29.1 Å². The summed E-state index contributed by atoms with van der Waals surface area (Å²) in [7, 11) is 1.33. The number of alkyl carbamates (subject to hydrolysis) is 2. The number of ether oxygens (including phenoxy) is 4. The molecule has 1 aromatic heterocycles. The number of rotatable bonds is 10. The number of esters is 1. The summed E-state index contributed by atoms with van der Waals surface area (Å²) in [6, 6.07) is 19.2. The molecule has 3 aromatic carbocycles. The van der Waals surface area contributed by atoms with Crippen molar-refractivity contribution in [2.24, 2.45) is 0 Å². The van der Waals surface area contributed by atoms with Crippen molar-refractivity contribution >= 4 is 29.1 Å². The molecule has 0 aliphatic rings. The largest absolute Gasteiger partial charge is 0.489 e. The predicted octanol–water partition coefficient (Wildman–Crippen LogP) is 7.44. The predicted molar refractivity (Wildman–Crippen MR) is 174 cm³/mol. The number of carbonyl (C=O) groups excluding carboxylic acids is 3. The number of methoxy groups -OCH3 is 1. The quantitative estimate of drug-likeness (QED) is 0.137. The molecule has 0 aliphatic carbocycles. The zero-order chi connectivity index (χ0) is 33.5. The number of fused-ring (bicyclic) bond motifs is 1. The van der Waals surface area contributed by atoms with Crippen molar-refractivity contribution in [3.05, 3.63) is 89.2 Å². The summed E-state index contributed by atoms with van der Waals surface area (Å²) in [6.45, 7) is 11.6. The van der Waals surface area contributed by atoms with E-state index in [0.717, 1.165) is 38.8 Å². The first-order valence-corrected chi connectivity index (χ1v) is 15.0. The third-order valence-electron chi connectivity index (χ3n) is 6.60. The summed E-state index contributed by atoms with van der Waals surface area (Å²) in [5.41, 5.74) is 4.52. The second kappa shape index (κ2) is 14.4. The van der Waals surface area contributed by atoms with Crippen LogP contribution in [0.2, 0.25) is 0 Å². The van der Waals surface area contributed by atoms with E-state index in [1.54, 1.807) is 33.1 Å². The van der Waals surface area contributed by atoms with Gasteiger partial charge in [0.25, 0.3) is 0 Å². The zero-order valence-electron chi connectivity index (χ0n) is 27.4. The molecule has 0 radical (unpaired) electrons. The number of hydrogen-bond donors (Lipinski definition) is 2. The monoisotopic (exact) mass is 630 g/mol. The molecule has 4 aromatic rings. The Labute approximate surface area is 269 Å². The highest BCUT2D eigenvalue weighted by molar-refractivity contribution is 5.93. The van der Waals surface area contributed by atoms with E-state index < -0.39 is 29.4 Å². The highest BCUT2D eigenvalue weighted by atomic mass is 16.6. The lowest BCUT2D eigenvalue weighted by Crippen LogP contribution is -2.32. The molecule has 10 heteroatoms. The Kier molecular flexibility index (Phi) is 10.6. The molecule has 46 heavy (non-hydrogen) atoms. The highest BCUT2D eigenvalue weighted by Crippen LogP contribution is 2.32. The molecule has 0 saturated heterocycles. The molecule has 10 nitrogen and oxygen atoms in total. The summed E-state index contributed by atoms with van der Waals surface area (Å²) in [5.74, 6) is 0.112. The minimum Gasteiger partial charge on any atom is -0.489 e. The van der Waals surface area contributed by atoms with Crippen molar-refractivity contribution < 1.29 is 37.7 Å². The average molecular weight is 631 g/mol. The van der Waals surface area contributed by atoms with E-state index >= 15 is 0 Å². The van der Waals surface area contributed by atoms with Gasteiger partial charge < -0.3 is 34.0 Å². The van der Waals surface area contributed by atoms with Gasteiger partial charge in [-0.1, -0.05) is 24.3 Å². The third kappa shape index (κ3) is 10.0. The second-order valence-corrected chi connectivity index (χ2v) is 12.9. The maximum Gasteiger partial charge on any atom is 0.407 e. The van der Waals surface area contributed by atoms with Gasteiger partial charge in [-0.2, -0.15) is 0 Å². The van der Waals surface area contributed by atoms with Gasteiger partial charge in [-0.25, -0.2) is 9.59 Å². The topological polar surface area (TPSA) is 125 Å². The van der Waals surface area contributed by atoms with Crippen molar-refractivity contribution in [2.45, 2.75) is 78.9 Å². The van der Waals surface area contributed by atoms with Gasteiger partial charge in [0, 0.05) is 29.6 Å². The van der Waals surface area contributed by atoms with Gasteiger partial charge >= 0.3 is 18.2 Å². The number of furan rings is 1. The maximum absolute atomic E-state index is 12.2.